The van der Waals surface area contributed by atoms with Crippen LogP contribution in [0.2, 0.25) is 0 Å². The van der Waals surface area contributed by atoms with Gasteiger partial charge in [-0.3, -0.25) is 4.79 Å². The van der Waals surface area contributed by atoms with Crippen molar-refractivity contribution in [1.29, 1.82) is 0 Å². The number of esters is 1. The van der Waals surface area contributed by atoms with Gasteiger partial charge in [0.1, 0.15) is 15.6 Å². The van der Waals surface area contributed by atoms with E-state index in [0.717, 1.165) is 4.31 Å². The minimum atomic E-state index is -3.88. The molecule has 0 radical (unpaired) electrons. The quantitative estimate of drug-likeness (QED) is 0.774. The molecule has 19 heavy (non-hydrogen) atoms. The summed E-state index contributed by atoms with van der Waals surface area (Å²) in [5.41, 5.74) is 0. The molecule has 106 valence electrons. The van der Waals surface area contributed by atoms with E-state index in [9.17, 15) is 18.0 Å². The van der Waals surface area contributed by atoms with Gasteiger partial charge in [0.25, 0.3) is 10.0 Å². The van der Waals surface area contributed by atoms with Crippen molar-refractivity contribution in [3.63, 3.8) is 0 Å². The number of hydrogen-bond acceptors (Lipinski definition) is 6. The first-order valence-electron chi connectivity index (χ1n) is 5.24. The van der Waals surface area contributed by atoms with Gasteiger partial charge < -0.3 is 9.84 Å². The van der Waals surface area contributed by atoms with E-state index >= 15 is 0 Å². The summed E-state index contributed by atoms with van der Waals surface area (Å²) >= 11 is 0.635. The molecule has 9 heteroatoms. The molecule has 0 aromatic carbocycles. The number of carbonyl (C=O) groups is 2. The molecule has 1 N–H and O–H groups in total. The van der Waals surface area contributed by atoms with Crippen LogP contribution in [0, 0.1) is 0 Å². The molecule has 1 rings (SSSR count). The fourth-order valence-corrected chi connectivity index (χ4v) is 3.67. The second-order valence-electron chi connectivity index (χ2n) is 3.49. The Labute approximate surface area is 114 Å². The Morgan fingerprint density at radius 1 is 1.42 bits per heavy atom. The number of carbonyl (C=O) groups excluding carboxylic acids is 1. The Morgan fingerprint density at radius 2 is 2.05 bits per heavy atom. The van der Waals surface area contributed by atoms with E-state index in [1.165, 1.54) is 19.2 Å². The molecule has 0 saturated heterocycles. The molecule has 0 aliphatic heterocycles. The van der Waals surface area contributed by atoms with Crippen molar-refractivity contribution < 1.29 is 27.9 Å². The smallest absolute Gasteiger partial charge is 0.345 e. The summed E-state index contributed by atoms with van der Waals surface area (Å²) in [6.45, 7) is 1.36. The predicted octanol–water partition coefficient (Wildman–Crippen LogP) is 0.630. The molecule has 0 fully saturated rings. The maximum Gasteiger partial charge on any atom is 0.345 e. The second kappa shape index (κ2) is 6.13. The van der Waals surface area contributed by atoms with Crippen molar-refractivity contribution in [1.82, 2.24) is 4.31 Å². The number of hydrogen-bond donors (Lipinski definition) is 1. The summed E-state index contributed by atoms with van der Waals surface area (Å²) in [7, 11) is -2.65. The highest BCUT2D eigenvalue weighted by Crippen LogP contribution is 2.24. The Balaban J connectivity index is 2.90. The lowest BCUT2D eigenvalue weighted by Gasteiger charge is -2.14. The predicted molar refractivity (Wildman–Crippen MR) is 67.7 cm³/mol. The molecule has 0 atom stereocenters. The van der Waals surface area contributed by atoms with Crippen molar-refractivity contribution in [2.24, 2.45) is 0 Å². The van der Waals surface area contributed by atoms with Crippen molar-refractivity contribution >= 4 is 33.3 Å². The number of carboxylic acid groups (broad SMARTS) is 1. The standard InChI is InChI=1S/C10H13NO6S2/c1-3-17-8(12)6-11(2)19(15,16)9-5-4-7(18-9)10(13)14/h4-5H,3,6H2,1-2H3,(H,13,14). The zero-order chi connectivity index (χ0) is 14.6. The molecule has 0 amide bonds. The zero-order valence-corrected chi connectivity index (χ0v) is 12.0. The lowest BCUT2D eigenvalue weighted by molar-refractivity contribution is -0.143. The lowest BCUT2D eigenvalue weighted by atomic mass is 10.5. The highest BCUT2D eigenvalue weighted by atomic mass is 32.2. The van der Waals surface area contributed by atoms with Crippen LogP contribution in [0.4, 0.5) is 0 Å². The monoisotopic (exact) mass is 307 g/mol. The Kier molecular flexibility index (Phi) is 5.04. The SMILES string of the molecule is CCOC(=O)CN(C)S(=O)(=O)c1ccc(C(=O)O)s1. The van der Waals surface area contributed by atoms with Gasteiger partial charge in [0, 0.05) is 7.05 Å². The second-order valence-corrected chi connectivity index (χ2v) is 6.85. The zero-order valence-electron chi connectivity index (χ0n) is 10.3. The van der Waals surface area contributed by atoms with Crippen LogP contribution in [0.15, 0.2) is 16.3 Å². The lowest BCUT2D eigenvalue weighted by Crippen LogP contribution is -2.32. The van der Waals surface area contributed by atoms with E-state index in [4.69, 9.17) is 5.11 Å². The van der Waals surface area contributed by atoms with Gasteiger partial charge in [-0.15, -0.1) is 11.3 Å². The van der Waals surface area contributed by atoms with Crippen molar-refractivity contribution in [3.8, 4) is 0 Å². The molecular weight excluding hydrogens is 294 g/mol. The molecule has 0 aliphatic rings. The maximum atomic E-state index is 12.0. The average molecular weight is 307 g/mol. The minimum Gasteiger partial charge on any atom is -0.477 e. The molecule has 7 nitrogen and oxygen atoms in total. The summed E-state index contributed by atoms with van der Waals surface area (Å²) in [6, 6.07) is 2.41. The van der Waals surface area contributed by atoms with Crippen LogP contribution in [-0.2, 0) is 19.6 Å². The van der Waals surface area contributed by atoms with Gasteiger partial charge in [0.15, 0.2) is 0 Å². The van der Waals surface area contributed by atoms with Crippen LogP contribution in [0.3, 0.4) is 0 Å². The van der Waals surface area contributed by atoms with Gasteiger partial charge in [-0.1, -0.05) is 0 Å². The number of rotatable bonds is 6. The van der Waals surface area contributed by atoms with Gasteiger partial charge >= 0.3 is 11.9 Å². The van der Waals surface area contributed by atoms with Crippen LogP contribution in [0.25, 0.3) is 0 Å². The number of ether oxygens (including phenoxy) is 1. The summed E-state index contributed by atoms with van der Waals surface area (Å²) < 4.78 is 29.4. The Bertz CT molecular complexity index is 577. The molecule has 0 aliphatic carbocycles. The third kappa shape index (κ3) is 3.75. The van der Waals surface area contributed by atoms with E-state index < -0.39 is 28.5 Å². The normalized spacial score (nSPS) is 11.5. The Hall–Kier alpha value is -1.45. The topological polar surface area (TPSA) is 101 Å². The number of aromatic carboxylic acids is 1. The third-order valence-corrected chi connectivity index (χ3v) is 5.46. The van der Waals surface area contributed by atoms with Crippen LogP contribution in [0.5, 0.6) is 0 Å². The van der Waals surface area contributed by atoms with Gasteiger partial charge in [-0.2, -0.15) is 4.31 Å². The number of likely N-dealkylation sites (N-methyl/N-ethyl adjacent to an activating group) is 1. The fourth-order valence-electron chi connectivity index (χ4n) is 1.20. The molecule has 0 saturated carbocycles. The number of carboxylic acids is 1. The summed E-state index contributed by atoms with van der Waals surface area (Å²) in [5, 5.41) is 8.75. The number of nitrogens with zero attached hydrogens (tertiary/aromatic N) is 1. The molecular formula is C10H13NO6S2. The molecule has 0 unspecified atom stereocenters. The number of thiophene rings is 1. The first kappa shape index (κ1) is 15.6. The van der Waals surface area contributed by atoms with Gasteiger partial charge in [0.2, 0.25) is 0 Å². The fraction of sp³-hybridized carbons (Fsp3) is 0.400. The highest BCUT2D eigenvalue weighted by Gasteiger charge is 2.26. The first-order chi connectivity index (χ1) is 8.78. The largest absolute Gasteiger partial charge is 0.477 e. The van der Waals surface area contributed by atoms with Gasteiger partial charge in [-0.25, -0.2) is 13.2 Å². The molecule has 1 aromatic rings. The van der Waals surface area contributed by atoms with Crippen LogP contribution < -0.4 is 0 Å². The van der Waals surface area contributed by atoms with Crippen LogP contribution >= 0.6 is 11.3 Å². The van der Waals surface area contributed by atoms with E-state index in [1.807, 2.05) is 0 Å². The Morgan fingerprint density at radius 3 is 2.53 bits per heavy atom. The summed E-state index contributed by atoms with van der Waals surface area (Å²) in [6.07, 6.45) is 0. The van der Waals surface area contributed by atoms with Gasteiger partial charge in [0.05, 0.1) is 6.61 Å². The van der Waals surface area contributed by atoms with Gasteiger partial charge in [-0.05, 0) is 19.1 Å². The molecule has 0 bridgehead atoms. The molecule has 1 aromatic heterocycles. The maximum absolute atomic E-state index is 12.0. The summed E-state index contributed by atoms with van der Waals surface area (Å²) in [5.74, 6) is -1.86. The van der Waals surface area contributed by atoms with E-state index in [2.05, 4.69) is 4.74 Å². The number of sulfonamides is 1. The van der Waals surface area contributed by atoms with Crippen LogP contribution in [0.1, 0.15) is 16.6 Å². The van der Waals surface area contributed by atoms with E-state index in [1.54, 1.807) is 6.92 Å². The molecule has 1 heterocycles. The van der Waals surface area contributed by atoms with Crippen molar-refractivity contribution in [2.75, 3.05) is 20.2 Å². The summed E-state index contributed by atoms with van der Waals surface area (Å²) in [4.78, 5) is 21.8. The van der Waals surface area contributed by atoms with Crippen LogP contribution in [-0.4, -0.2) is 50.0 Å². The third-order valence-electron chi connectivity index (χ3n) is 2.11. The van der Waals surface area contributed by atoms with E-state index in [0.29, 0.717) is 11.3 Å². The molecule has 0 spiro atoms. The first-order valence-corrected chi connectivity index (χ1v) is 7.49. The average Bonchev–Trinajstić information content (AvgIpc) is 2.78. The minimum absolute atomic E-state index is 0.0805. The van der Waals surface area contributed by atoms with Crippen molar-refractivity contribution in [3.05, 3.63) is 17.0 Å². The van der Waals surface area contributed by atoms with E-state index in [-0.39, 0.29) is 15.7 Å². The van der Waals surface area contributed by atoms with Crippen molar-refractivity contribution in [2.45, 2.75) is 11.1 Å². The highest BCUT2D eigenvalue weighted by molar-refractivity contribution is 7.91.